The van der Waals surface area contributed by atoms with E-state index in [1.807, 2.05) is 13.8 Å². The topological polar surface area (TPSA) is 77.5 Å². The van der Waals surface area contributed by atoms with E-state index < -0.39 is 0 Å². The minimum absolute atomic E-state index is 0.110. The number of ether oxygens (including phenoxy) is 4. The van der Waals surface area contributed by atoms with Crippen LogP contribution < -0.4 is 18.9 Å². The number of nitrogens with zero attached hydrogens (tertiary/aromatic N) is 1. The lowest BCUT2D eigenvalue weighted by atomic mass is 10.0. The van der Waals surface area contributed by atoms with Crippen molar-refractivity contribution < 1.29 is 28.8 Å². The monoisotopic (exact) mass is 413 g/mol. The van der Waals surface area contributed by atoms with Crippen LogP contribution in [0, 0.1) is 0 Å². The van der Waals surface area contributed by atoms with E-state index in [0.29, 0.717) is 46.2 Å². The lowest BCUT2D eigenvalue weighted by Gasteiger charge is -2.20. The first kappa shape index (κ1) is 21.5. The number of carbonyl (C=O) groups excluding carboxylic acids is 1. The largest absolute Gasteiger partial charge is 0.507 e. The molecule has 2 aromatic rings. The highest BCUT2D eigenvalue weighted by Gasteiger charge is 2.32. The van der Waals surface area contributed by atoms with Gasteiger partial charge in [0.25, 0.3) is 0 Å². The second-order valence-electron chi connectivity index (χ2n) is 6.79. The van der Waals surface area contributed by atoms with E-state index in [-0.39, 0.29) is 17.3 Å². The Morgan fingerprint density at radius 2 is 1.63 bits per heavy atom. The molecule has 0 fully saturated rings. The van der Waals surface area contributed by atoms with Crippen LogP contribution in [0.4, 0.5) is 0 Å². The number of allylic oxidation sites excluding steroid dienone is 1. The molecule has 1 N–H and O–H groups in total. The Bertz CT molecular complexity index is 978. The molecule has 1 aliphatic heterocycles. The van der Waals surface area contributed by atoms with Crippen LogP contribution in [0.2, 0.25) is 0 Å². The summed E-state index contributed by atoms with van der Waals surface area (Å²) in [6, 6.07) is 6.54. The van der Waals surface area contributed by atoms with Crippen LogP contribution in [-0.4, -0.2) is 50.2 Å². The van der Waals surface area contributed by atoms with Gasteiger partial charge in [-0.15, -0.1) is 0 Å². The zero-order chi connectivity index (χ0) is 21.8. The summed E-state index contributed by atoms with van der Waals surface area (Å²) in [6.07, 6.45) is 1.61. The lowest BCUT2D eigenvalue weighted by Crippen LogP contribution is -2.22. The Balaban J connectivity index is 2.03. The number of Topliss-reactive ketones (excluding diaryl/α,β-unsaturated/α-hetero) is 1. The Morgan fingerprint density at radius 1 is 1.00 bits per heavy atom. The summed E-state index contributed by atoms with van der Waals surface area (Å²) in [7, 11) is 4.62. The maximum atomic E-state index is 13.0. The van der Waals surface area contributed by atoms with Crippen molar-refractivity contribution in [3.8, 4) is 28.7 Å². The normalized spacial score (nSPS) is 14.1. The predicted octanol–water partition coefficient (Wildman–Crippen LogP) is 3.88. The van der Waals surface area contributed by atoms with Gasteiger partial charge in [-0.1, -0.05) is 13.8 Å². The fourth-order valence-corrected chi connectivity index (χ4v) is 3.43. The highest BCUT2D eigenvalue weighted by atomic mass is 16.5. The lowest BCUT2D eigenvalue weighted by molar-refractivity contribution is 0.101. The van der Waals surface area contributed by atoms with E-state index in [0.717, 1.165) is 13.1 Å². The fourth-order valence-electron chi connectivity index (χ4n) is 3.43. The number of hydrogen-bond donors (Lipinski definition) is 1. The zero-order valence-corrected chi connectivity index (χ0v) is 17.9. The highest BCUT2D eigenvalue weighted by molar-refractivity contribution is 6.15. The summed E-state index contributed by atoms with van der Waals surface area (Å²) in [6.45, 7) is 6.22. The average Bonchev–Trinajstić information content (AvgIpc) is 3.08. The number of hydrogen-bond acceptors (Lipinski definition) is 7. The Hall–Kier alpha value is -3.19. The van der Waals surface area contributed by atoms with Crippen LogP contribution in [-0.2, 0) is 6.54 Å². The van der Waals surface area contributed by atoms with Crippen molar-refractivity contribution in [1.29, 1.82) is 0 Å². The number of aromatic hydroxyl groups is 1. The van der Waals surface area contributed by atoms with E-state index in [9.17, 15) is 9.90 Å². The zero-order valence-electron chi connectivity index (χ0n) is 17.9. The molecule has 1 aliphatic rings. The first-order valence-electron chi connectivity index (χ1n) is 9.78. The Morgan fingerprint density at radius 3 is 2.23 bits per heavy atom. The van der Waals surface area contributed by atoms with E-state index in [1.165, 1.54) is 14.2 Å². The highest BCUT2D eigenvalue weighted by Crippen LogP contribution is 2.41. The van der Waals surface area contributed by atoms with Crippen molar-refractivity contribution in [3.63, 3.8) is 0 Å². The van der Waals surface area contributed by atoms with Gasteiger partial charge in [-0.3, -0.25) is 9.69 Å². The summed E-state index contributed by atoms with van der Waals surface area (Å²) in [5, 5.41) is 10.4. The van der Waals surface area contributed by atoms with Crippen molar-refractivity contribution in [2.45, 2.75) is 20.4 Å². The van der Waals surface area contributed by atoms with E-state index in [2.05, 4.69) is 4.90 Å². The first-order valence-corrected chi connectivity index (χ1v) is 9.78. The summed E-state index contributed by atoms with van der Waals surface area (Å²) in [5.41, 5.74) is 1.65. The molecule has 0 unspecified atom stereocenters. The fraction of sp³-hybridized carbons (Fsp3) is 0.348. The smallest absolute Gasteiger partial charge is 0.231 e. The van der Waals surface area contributed by atoms with Gasteiger partial charge in [-0.2, -0.15) is 0 Å². The molecular formula is C23H27NO6. The predicted molar refractivity (Wildman–Crippen MR) is 114 cm³/mol. The van der Waals surface area contributed by atoms with Gasteiger partial charge in [-0.05, 0) is 37.4 Å². The van der Waals surface area contributed by atoms with Gasteiger partial charge in [0.15, 0.2) is 17.3 Å². The maximum absolute atomic E-state index is 13.0. The van der Waals surface area contributed by atoms with E-state index in [4.69, 9.17) is 18.9 Å². The molecule has 7 nitrogen and oxygen atoms in total. The molecule has 2 aromatic carbocycles. The molecule has 160 valence electrons. The van der Waals surface area contributed by atoms with Crippen LogP contribution in [0.3, 0.4) is 0 Å². The molecule has 7 heteroatoms. The van der Waals surface area contributed by atoms with Crippen molar-refractivity contribution in [1.82, 2.24) is 4.90 Å². The van der Waals surface area contributed by atoms with Crippen LogP contribution in [0.5, 0.6) is 28.7 Å². The van der Waals surface area contributed by atoms with Gasteiger partial charge in [0.05, 0.1) is 32.5 Å². The molecule has 0 amide bonds. The van der Waals surface area contributed by atoms with Crippen LogP contribution in [0.25, 0.3) is 6.08 Å². The molecule has 30 heavy (non-hydrogen) atoms. The minimum Gasteiger partial charge on any atom is -0.507 e. The van der Waals surface area contributed by atoms with Crippen LogP contribution in [0.1, 0.15) is 35.3 Å². The number of rotatable bonds is 8. The molecule has 0 atom stereocenters. The van der Waals surface area contributed by atoms with E-state index in [1.54, 1.807) is 37.5 Å². The van der Waals surface area contributed by atoms with Crippen molar-refractivity contribution in [3.05, 3.63) is 46.7 Å². The van der Waals surface area contributed by atoms with E-state index >= 15 is 0 Å². The number of methoxy groups -OCH3 is 3. The molecule has 1 heterocycles. The standard InChI is InChI=1S/C23H27NO6/c1-6-24(7-2)13-16-17(25)9-8-15-22(26)21(30-23(15)16)11-14-10-19(28-4)20(29-5)12-18(14)27-3/h8-12,25H,6-7,13H2,1-5H3. The van der Waals surface area contributed by atoms with Gasteiger partial charge in [0, 0.05) is 18.2 Å². The summed E-state index contributed by atoms with van der Waals surface area (Å²) in [5.74, 6) is 1.96. The third-order valence-corrected chi connectivity index (χ3v) is 5.21. The van der Waals surface area contributed by atoms with Crippen LogP contribution in [0.15, 0.2) is 30.0 Å². The molecule has 3 rings (SSSR count). The molecule has 0 radical (unpaired) electrons. The molecule has 0 saturated heterocycles. The van der Waals surface area contributed by atoms with Crippen LogP contribution >= 0.6 is 0 Å². The van der Waals surface area contributed by atoms with Gasteiger partial charge in [0.2, 0.25) is 5.78 Å². The van der Waals surface area contributed by atoms with Gasteiger partial charge in [0.1, 0.15) is 17.2 Å². The Kier molecular flexibility index (Phi) is 6.52. The van der Waals surface area contributed by atoms with Gasteiger partial charge < -0.3 is 24.1 Å². The summed E-state index contributed by atoms with van der Waals surface area (Å²) < 4.78 is 22.1. The number of benzene rings is 2. The SMILES string of the molecule is CCN(CC)Cc1c(O)ccc2c1OC(=Cc1cc(OC)c(OC)cc1OC)C2=O. The van der Waals surface area contributed by atoms with Crippen molar-refractivity contribution >= 4 is 11.9 Å². The molecule has 0 bridgehead atoms. The first-order chi connectivity index (χ1) is 14.5. The second-order valence-corrected chi connectivity index (χ2v) is 6.79. The van der Waals surface area contributed by atoms with Crippen molar-refractivity contribution in [2.24, 2.45) is 0 Å². The molecule has 0 saturated carbocycles. The summed E-state index contributed by atoms with van der Waals surface area (Å²) >= 11 is 0. The number of phenols is 1. The average molecular weight is 413 g/mol. The molecule has 0 aliphatic carbocycles. The maximum Gasteiger partial charge on any atom is 0.231 e. The molecular weight excluding hydrogens is 386 g/mol. The minimum atomic E-state index is -0.248. The molecule has 0 aromatic heterocycles. The van der Waals surface area contributed by atoms with Gasteiger partial charge in [-0.25, -0.2) is 0 Å². The summed E-state index contributed by atoms with van der Waals surface area (Å²) in [4.78, 5) is 15.1. The second kappa shape index (κ2) is 9.09. The number of fused-ring (bicyclic) bond motifs is 1. The Labute approximate surface area is 176 Å². The van der Waals surface area contributed by atoms with Gasteiger partial charge >= 0.3 is 0 Å². The number of carbonyl (C=O) groups is 1. The quantitative estimate of drug-likeness (QED) is 0.658. The third-order valence-electron chi connectivity index (χ3n) is 5.21. The number of phenolic OH excluding ortho intramolecular Hbond substituents is 1. The molecule has 0 spiro atoms. The third kappa shape index (κ3) is 3.93. The van der Waals surface area contributed by atoms with Crippen molar-refractivity contribution in [2.75, 3.05) is 34.4 Å². The number of ketones is 1.